The van der Waals surface area contributed by atoms with E-state index in [-0.39, 0.29) is 0 Å². The van der Waals surface area contributed by atoms with Crippen LogP contribution in [0, 0.1) is 5.92 Å². The summed E-state index contributed by atoms with van der Waals surface area (Å²) in [6.07, 6.45) is 10.8. The van der Waals surface area contributed by atoms with E-state index in [9.17, 15) is 0 Å². The summed E-state index contributed by atoms with van der Waals surface area (Å²) in [5.41, 5.74) is 6.69. The molecule has 2 aromatic rings. The van der Waals surface area contributed by atoms with Gasteiger partial charge in [-0.2, -0.15) is 0 Å². The Morgan fingerprint density at radius 1 is 0.800 bits per heavy atom. The van der Waals surface area contributed by atoms with E-state index in [1.54, 1.807) is 0 Å². The Balaban J connectivity index is 0.000000709. The predicted octanol–water partition coefficient (Wildman–Crippen LogP) is 13.7. The average molecular weight is 654 g/mol. The minimum absolute atomic E-state index is 0.655. The number of hydrogen-bond acceptors (Lipinski definition) is 1. The molecule has 0 heterocycles. The van der Waals surface area contributed by atoms with Gasteiger partial charge in [-0.05, 0) is 68.2 Å². The first-order valence-electron chi connectivity index (χ1n) is 15.4. The van der Waals surface area contributed by atoms with E-state index in [2.05, 4.69) is 113 Å². The van der Waals surface area contributed by atoms with Gasteiger partial charge in [0.15, 0.2) is 0 Å². The monoisotopic (exact) mass is 651 g/mol. The molecule has 0 N–H and O–H groups in total. The SMILES string of the molecule is CCC(C)Cc1cccc(Cl)c1Cl.CCCCC.CCCCN(C(=C(C)CC)c1ccccc1)/C(CC)=C(\C)Br. The smallest absolute Gasteiger partial charge is 0.0624 e. The maximum Gasteiger partial charge on any atom is 0.0624 e. The highest BCUT2D eigenvalue weighted by Crippen LogP contribution is 2.32. The zero-order valence-electron chi connectivity index (χ0n) is 26.8. The average Bonchev–Trinajstić information content (AvgIpc) is 2.95. The van der Waals surface area contributed by atoms with E-state index in [4.69, 9.17) is 23.2 Å². The molecule has 1 atom stereocenters. The Kier molecular flexibility index (Phi) is 22.6. The summed E-state index contributed by atoms with van der Waals surface area (Å²) in [5, 5.41) is 1.37. The third-order valence-corrected chi connectivity index (χ3v) is 8.37. The Morgan fingerprint density at radius 2 is 1.40 bits per heavy atom. The van der Waals surface area contributed by atoms with Crippen LogP contribution in [-0.2, 0) is 6.42 Å². The van der Waals surface area contributed by atoms with Crippen LogP contribution in [0.5, 0.6) is 0 Å². The molecule has 4 heteroatoms. The van der Waals surface area contributed by atoms with E-state index < -0.39 is 0 Å². The molecular formula is C36H56BrCl2N. The number of benzene rings is 2. The van der Waals surface area contributed by atoms with Crippen molar-refractivity contribution in [2.75, 3.05) is 6.54 Å². The van der Waals surface area contributed by atoms with Crippen LogP contribution >= 0.6 is 39.1 Å². The van der Waals surface area contributed by atoms with E-state index >= 15 is 0 Å². The number of rotatable bonds is 13. The Hall–Kier alpha value is -1.22. The van der Waals surface area contributed by atoms with Crippen molar-refractivity contribution >= 4 is 44.8 Å². The number of nitrogens with zero attached hydrogens (tertiary/aromatic N) is 1. The first-order valence-corrected chi connectivity index (χ1v) is 17.0. The highest BCUT2D eigenvalue weighted by Gasteiger charge is 2.18. The summed E-state index contributed by atoms with van der Waals surface area (Å²) in [6, 6.07) is 16.6. The first kappa shape index (κ1) is 38.8. The fourth-order valence-electron chi connectivity index (χ4n) is 4.29. The zero-order valence-corrected chi connectivity index (χ0v) is 29.9. The molecule has 0 spiro atoms. The number of hydrogen-bond donors (Lipinski definition) is 0. The maximum atomic E-state index is 6.06. The molecule has 0 aliphatic carbocycles. The second kappa shape index (κ2) is 23.4. The quantitative estimate of drug-likeness (QED) is 0.208. The maximum absolute atomic E-state index is 6.06. The lowest BCUT2D eigenvalue weighted by molar-refractivity contribution is 0.451. The second-order valence-electron chi connectivity index (χ2n) is 10.5. The summed E-state index contributed by atoms with van der Waals surface area (Å²) in [4.78, 5) is 2.53. The van der Waals surface area contributed by atoms with Crippen LogP contribution in [-0.4, -0.2) is 11.4 Å². The van der Waals surface area contributed by atoms with Crippen molar-refractivity contribution in [3.8, 4) is 0 Å². The lowest BCUT2D eigenvalue weighted by Crippen LogP contribution is -2.24. The molecule has 0 saturated heterocycles. The first-order chi connectivity index (χ1) is 19.1. The van der Waals surface area contributed by atoms with Crippen molar-refractivity contribution in [3.63, 3.8) is 0 Å². The van der Waals surface area contributed by atoms with Crippen molar-refractivity contribution < 1.29 is 0 Å². The van der Waals surface area contributed by atoms with Crippen molar-refractivity contribution in [2.24, 2.45) is 5.92 Å². The zero-order chi connectivity index (χ0) is 30.5. The summed E-state index contributed by atoms with van der Waals surface area (Å²) in [7, 11) is 0. The van der Waals surface area contributed by atoms with Crippen molar-refractivity contribution in [1.29, 1.82) is 0 Å². The van der Waals surface area contributed by atoms with Crippen LogP contribution in [0.25, 0.3) is 5.70 Å². The van der Waals surface area contributed by atoms with Gasteiger partial charge in [-0.3, -0.25) is 0 Å². The fraction of sp³-hybridized carbons (Fsp3) is 0.556. The van der Waals surface area contributed by atoms with Gasteiger partial charge in [0.25, 0.3) is 0 Å². The molecule has 40 heavy (non-hydrogen) atoms. The van der Waals surface area contributed by atoms with Crippen LogP contribution in [0.1, 0.15) is 125 Å². The van der Waals surface area contributed by atoms with E-state index in [1.165, 1.54) is 65.5 Å². The van der Waals surface area contributed by atoms with Gasteiger partial charge in [0.2, 0.25) is 0 Å². The molecule has 2 rings (SSSR count). The van der Waals surface area contributed by atoms with Gasteiger partial charge in [-0.1, -0.05) is 162 Å². The molecule has 2 aromatic carbocycles. The number of allylic oxidation sites excluding steroid dienone is 3. The van der Waals surface area contributed by atoms with Gasteiger partial charge in [0.05, 0.1) is 10.0 Å². The molecule has 226 valence electrons. The number of halogens is 3. The van der Waals surface area contributed by atoms with Gasteiger partial charge < -0.3 is 4.90 Å². The van der Waals surface area contributed by atoms with E-state index in [1.807, 2.05) is 18.2 Å². The predicted molar refractivity (Wildman–Crippen MR) is 188 cm³/mol. The van der Waals surface area contributed by atoms with Crippen molar-refractivity contribution in [2.45, 2.75) is 120 Å². The summed E-state index contributed by atoms with van der Waals surface area (Å²) >= 11 is 15.7. The highest BCUT2D eigenvalue weighted by molar-refractivity contribution is 9.11. The molecule has 0 aliphatic rings. The molecular weight excluding hydrogens is 597 g/mol. The molecule has 0 aromatic heterocycles. The van der Waals surface area contributed by atoms with Crippen molar-refractivity contribution in [1.82, 2.24) is 4.90 Å². The minimum Gasteiger partial charge on any atom is -0.344 e. The third-order valence-electron chi connectivity index (χ3n) is 7.05. The van der Waals surface area contributed by atoms with Crippen LogP contribution in [0.3, 0.4) is 0 Å². The lowest BCUT2D eigenvalue weighted by Gasteiger charge is -2.32. The van der Waals surface area contributed by atoms with Crippen LogP contribution in [0.15, 0.2) is 64.3 Å². The summed E-state index contributed by atoms with van der Waals surface area (Å²) < 4.78 is 1.24. The summed E-state index contributed by atoms with van der Waals surface area (Å²) in [6.45, 7) is 21.1. The topological polar surface area (TPSA) is 3.24 Å². The molecule has 0 fully saturated rings. The Labute approximate surface area is 266 Å². The second-order valence-corrected chi connectivity index (χ2v) is 12.4. The molecule has 0 saturated carbocycles. The largest absolute Gasteiger partial charge is 0.344 e. The van der Waals surface area contributed by atoms with Gasteiger partial charge in [-0.25, -0.2) is 0 Å². The minimum atomic E-state index is 0.655. The summed E-state index contributed by atoms with van der Waals surface area (Å²) in [5.74, 6) is 0.663. The van der Waals surface area contributed by atoms with Gasteiger partial charge in [-0.15, -0.1) is 0 Å². The van der Waals surface area contributed by atoms with E-state index in [0.29, 0.717) is 16.0 Å². The standard InChI is InChI=1S/C20H30BrN.C11H14Cl2.C5H12/c1-6-9-15-22(19(8-3)17(5)21)20(16(4)7-2)18-13-11-10-12-14-18;1-3-8(2)7-9-5-4-6-10(12)11(9)13;1-3-5-4-2/h10-14H,6-9,15H2,1-5H3;4-6,8H,3,7H2,1-2H3;3-5H2,1-2H3/b19-17+,20-16?;;. The van der Waals surface area contributed by atoms with Crippen LogP contribution in [0.2, 0.25) is 10.0 Å². The molecule has 1 nitrogen and oxygen atoms in total. The molecule has 0 bridgehead atoms. The van der Waals surface area contributed by atoms with Crippen LogP contribution in [0.4, 0.5) is 0 Å². The van der Waals surface area contributed by atoms with Gasteiger partial charge in [0, 0.05) is 22.4 Å². The van der Waals surface area contributed by atoms with E-state index in [0.717, 1.165) is 31.4 Å². The van der Waals surface area contributed by atoms with Gasteiger partial charge in [0.1, 0.15) is 0 Å². The normalized spacial score (nSPS) is 12.7. The third kappa shape index (κ3) is 14.6. The molecule has 0 amide bonds. The molecule has 0 radical (unpaired) electrons. The highest BCUT2D eigenvalue weighted by atomic mass is 79.9. The fourth-order valence-corrected chi connectivity index (χ4v) is 5.19. The Bertz CT molecular complexity index is 991. The van der Waals surface area contributed by atoms with Crippen LogP contribution < -0.4 is 0 Å². The Morgan fingerprint density at radius 3 is 1.85 bits per heavy atom. The molecule has 1 unspecified atom stereocenters. The number of unbranched alkanes of at least 4 members (excludes halogenated alkanes) is 3. The van der Waals surface area contributed by atoms with Gasteiger partial charge >= 0.3 is 0 Å². The lowest BCUT2D eigenvalue weighted by atomic mass is 9.99. The van der Waals surface area contributed by atoms with Crippen molar-refractivity contribution in [3.05, 3.63) is 85.5 Å². The molecule has 0 aliphatic heterocycles.